The number of aromatic amines is 1. The minimum atomic E-state index is -0.432. The summed E-state index contributed by atoms with van der Waals surface area (Å²) in [5, 5.41) is 4.38. The Morgan fingerprint density at radius 2 is 2.22 bits per heavy atom. The van der Waals surface area contributed by atoms with Crippen molar-refractivity contribution < 1.29 is 4.79 Å². The molecule has 2 aromatic rings. The Labute approximate surface area is 111 Å². The second kappa shape index (κ2) is 4.63. The summed E-state index contributed by atoms with van der Waals surface area (Å²) in [5.74, 6) is -0.183. The van der Waals surface area contributed by atoms with Gasteiger partial charge in [0.25, 0.3) is 5.91 Å². The number of para-hydroxylation sites is 1. The van der Waals surface area contributed by atoms with Crippen LogP contribution in [0.4, 0.5) is 0 Å². The molecular weight excluding hydrogens is 250 g/mol. The lowest BCUT2D eigenvalue weighted by molar-refractivity contribution is 0.0911. The van der Waals surface area contributed by atoms with Crippen LogP contribution < -0.4 is 11.1 Å². The molecule has 4 N–H and O–H groups in total. The van der Waals surface area contributed by atoms with Crippen LogP contribution >= 0.6 is 11.6 Å². The zero-order valence-corrected chi connectivity index (χ0v) is 11.1. The van der Waals surface area contributed by atoms with E-state index in [2.05, 4.69) is 10.3 Å². The molecule has 0 atom stereocenters. The molecule has 0 saturated heterocycles. The third-order valence-electron chi connectivity index (χ3n) is 2.81. The predicted molar refractivity (Wildman–Crippen MR) is 73.9 cm³/mol. The van der Waals surface area contributed by atoms with E-state index in [4.69, 9.17) is 17.3 Å². The van der Waals surface area contributed by atoms with E-state index < -0.39 is 5.54 Å². The first kappa shape index (κ1) is 12.9. The number of fused-ring (bicyclic) bond motifs is 1. The van der Waals surface area contributed by atoms with Crippen molar-refractivity contribution >= 4 is 28.4 Å². The van der Waals surface area contributed by atoms with Crippen LogP contribution in [0.15, 0.2) is 24.3 Å². The number of nitrogens with one attached hydrogen (secondary N) is 2. The molecule has 1 aromatic heterocycles. The lowest BCUT2D eigenvalue weighted by Crippen LogP contribution is -2.48. The summed E-state index contributed by atoms with van der Waals surface area (Å²) in [6.45, 7) is 4.13. The first-order chi connectivity index (χ1) is 8.43. The third kappa shape index (κ3) is 2.49. The summed E-state index contributed by atoms with van der Waals surface area (Å²) >= 11 is 6.05. The molecule has 4 nitrogen and oxygen atoms in total. The van der Waals surface area contributed by atoms with E-state index in [1.54, 1.807) is 12.1 Å². The van der Waals surface area contributed by atoms with Crippen LogP contribution in [-0.4, -0.2) is 23.0 Å². The van der Waals surface area contributed by atoms with Crippen molar-refractivity contribution in [3.8, 4) is 0 Å². The molecule has 0 fully saturated rings. The molecule has 18 heavy (non-hydrogen) atoms. The zero-order chi connectivity index (χ0) is 13.3. The summed E-state index contributed by atoms with van der Waals surface area (Å²) in [6.07, 6.45) is 0. The number of carbonyl (C=O) groups is 1. The molecule has 0 aliphatic heterocycles. The van der Waals surface area contributed by atoms with E-state index in [1.165, 1.54) is 0 Å². The van der Waals surface area contributed by atoms with Gasteiger partial charge in [0.2, 0.25) is 0 Å². The van der Waals surface area contributed by atoms with Crippen molar-refractivity contribution in [2.75, 3.05) is 6.54 Å². The van der Waals surface area contributed by atoms with Crippen LogP contribution in [0.1, 0.15) is 24.3 Å². The Morgan fingerprint density at radius 3 is 2.83 bits per heavy atom. The van der Waals surface area contributed by atoms with Gasteiger partial charge in [0.1, 0.15) is 5.69 Å². The molecule has 0 aliphatic carbocycles. The van der Waals surface area contributed by atoms with Gasteiger partial charge >= 0.3 is 0 Å². The first-order valence-corrected chi connectivity index (χ1v) is 6.10. The van der Waals surface area contributed by atoms with E-state index in [0.29, 0.717) is 17.3 Å². The molecule has 0 radical (unpaired) electrons. The fourth-order valence-corrected chi connectivity index (χ4v) is 1.90. The van der Waals surface area contributed by atoms with Crippen LogP contribution in [0.25, 0.3) is 10.9 Å². The summed E-state index contributed by atoms with van der Waals surface area (Å²) in [5.41, 5.74) is 6.41. The minimum Gasteiger partial charge on any atom is -0.349 e. The first-order valence-electron chi connectivity index (χ1n) is 5.73. The zero-order valence-electron chi connectivity index (χ0n) is 10.4. The van der Waals surface area contributed by atoms with E-state index >= 15 is 0 Å². The highest BCUT2D eigenvalue weighted by Gasteiger charge is 2.20. The predicted octanol–water partition coefficient (Wildman–Crippen LogP) is 2.29. The maximum absolute atomic E-state index is 12.1. The van der Waals surface area contributed by atoms with Gasteiger partial charge in [0.05, 0.1) is 10.5 Å². The van der Waals surface area contributed by atoms with Gasteiger partial charge in [-0.25, -0.2) is 0 Å². The number of benzene rings is 1. The maximum Gasteiger partial charge on any atom is 0.268 e. The van der Waals surface area contributed by atoms with Gasteiger partial charge in [0.15, 0.2) is 0 Å². The van der Waals surface area contributed by atoms with Crippen molar-refractivity contribution in [2.45, 2.75) is 19.4 Å². The average molecular weight is 266 g/mol. The Hall–Kier alpha value is -1.52. The Balaban J connectivity index is 2.32. The van der Waals surface area contributed by atoms with Gasteiger partial charge in [-0.15, -0.1) is 0 Å². The number of H-pyrrole nitrogens is 1. The number of rotatable bonds is 3. The average Bonchev–Trinajstić information content (AvgIpc) is 2.74. The summed E-state index contributed by atoms with van der Waals surface area (Å²) in [4.78, 5) is 15.1. The van der Waals surface area contributed by atoms with Crippen molar-refractivity contribution in [3.05, 3.63) is 35.0 Å². The highest BCUT2D eigenvalue weighted by Crippen LogP contribution is 2.23. The summed E-state index contributed by atoms with van der Waals surface area (Å²) in [6, 6.07) is 7.32. The Kier molecular flexibility index (Phi) is 3.32. The van der Waals surface area contributed by atoms with Gasteiger partial charge in [-0.05, 0) is 26.0 Å². The van der Waals surface area contributed by atoms with Gasteiger partial charge in [-0.2, -0.15) is 0 Å². The number of amides is 1. The molecular formula is C13H16ClN3O. The molecule has 96 valence electrons. The van der Waals surface area contributed by atoms with E-state index in [1.807, 2.05) is 26.0 Å². The molecule has 5 heteroatoms. The fourth-order valence-electron chi connectivity index (χ4n) is 1.67. The highest BCUT2D eigenvalue weighted by atomic mass is 35.5. The van der Waals surface area contributed by atoms with Crippen LogP contribution in [0.3, 0.4) is 0 Å². The van der Waals surface area contributed by atoms with Crippen molar-refractivity contribution in [1.29, 1.82) is 0 Å². The third-order valence-corrected chi connectivity index (χ3v) is 3.13. The van der Waals surface area contributed by atoms with Crippen molar-refractivity contribution in [2.24, 2.45) is 5.73 Å². The Morgan fingerprint density at radius 1 is 1.50 bits per heavy atom. The molecule has 1 aromatic carbocycles. The van der Waals surface area contributed by atoms with Gasteiger partial charge in [0, 0.05) is 17.5 Å². The molecule has 0 unspecified atom stereocenters. The maximum atomic E-state index is 12.1. The number of hydrogen-bond acceptors (Lipinski definition) is 2. The summed E-state index contributed by atoms with van der Waals surface area (Å²) in [7, 11) is 0. The number of carbonyl (C=O) groups excluding carboxylic acids is 1. The second-order valence-electron chi connectivity index (χ2n) is 4.93. The molecule has 0 saturated carbocycles. The molecule has 0 spiro atoms. The molecule has 2 rings (SSSR count). The molecule has 1 heterocycles. The number of aromatic nitrogens is 1. The number of hydrogen-bond donors (Lipinski definition) is 3. The molecule has 1 amide bonds. The van der Waals surface area contributed by atoms with Gasteiger partial charge < -0.3 is 16.0 Å². The van der Waals surface area contributed by atoms with Crippen molar-refractivity contribution in [1.82, 2.24) is 10.3 Å². The van der Waals surface area contributed by atoms with Crippen molar-refractivity contribution in [3.63, 3.8) is 0 Å². The van der Waals surface area contributed by atoms with E-state index in [9.17, 15) is 4.79 Å². The van der Waals surface area contributed by atoms with Crippen LogP contribution in [0.5, 0.6) is 0 Å². The van der Waals surface area contributed by atoms with Gasteiger partial charge in [-0.3, -0.25) is 4.79 Å². The largest absolute Gasteiger partial charge is 0.349 e. The second-order valence-corrected chi connectivity index (χ2v) is 5.34. The smallest absolute Gasteiger partial charge is 0.268 e. The number of halogens is 1. The van der Waals surface area contributed by atoms with Crippen LogP contribution in [-0.2, 0) is 0 Å². The SMILES string of the molecule is CC(C)(CN)NC(=O)c1cc2cccc(Cl)c2[nH]1. The molecule has 0 bridgehead atoms. The summed E-state index contributed by atoms with van der Waals surface area (Å²) < 4.78 is 0. The quantitative estimate of drug-likeness (QED) is 0.797. The van der Waals surface area contributed by atoms with E-state index in [0.717, 1.165) is 10.9 Å². The topological polar surface area (TPSA) is 70.9 Å². The standard InChI is InChI=1S/C13H16ClN3O/c1-13(2,7-15)17-12(18)10-6-8-4-3-5-9(14)11(8)16-10/h3-6,16H,7,15H2,1-2H3,(H,17,18). The fraction of sp³-hybridized carbons (Fsp3) is 0.308. The highest BCUT2D eigenvalue weighted by molar-refractivity contribution is 6.35. The molecule has 0 aliphatic rings. The number of nitrogens with two attached hydrogens (primary N) is 1. The normalized spacial score (nSPS) is 11.8. The van der Waals surface area contributed by atoms with Gasteiger partial charge in [-0.1, -0.05) is 23.7 Å². The lowest BCUT2D eigenvalue weighted by Gasteiger charge is -2.23. The lowest BCUT2D eigenvalue weighted by atomic mass is 10.1. The van der Waals surface area contributed by atoms with E-state index in [-0.39, 0.29) is 5.91 Å². The monoisotopic (exact) mass is 265 g/mol. The van der Waals surface area contributed by atoms with Crippen LogP contribution in [0.2, 0.25) is 5.02 Å². The minimum absolute atomic E-state index is 0.183. The van der Waals surface area contributed by atoms with Crippen LogP contribution in [0, 0.1) is 0 Å². The Bertz CT molecular complexity index is 589.